The summed E-state index contributed by atoms with van der Waals surface area (Å²) >= 11 is 0. The van der Waals surface area contributed by atoms with E-state index in [9.17, 15) is 0 Å². The first-order valence-corrected chi connectivity index (χ1v) is 4.82. The Balaban J connectivity index is 0. The molecule has 74 valence electrons. The minimum Gasteiger partial charge on any atom is -0.342 e. The number of rotatable bonds is 9. The predicted molar refractivity (Wildman–Crippen MR) is 54.0 cm³/mol. The summed E-state index contributed by atoms with van der Waals surface area (Å²) in [5.74, 6) is 0. The third kappa shape index (κ3) is 15.7. The average Bonchev–Trinajstić information content (AvgIpc) is 2.10. The molecule has 0 saturated heterocycles. The van der Waals surface area contributed by atoms with Crippen molar-refractivity contribution >= 4 is 0 Å². The van der Waals surface area contributed by atoms with Gasteiger partial charge in [-0.3, -0.25) is 0 Å². The second-order valence-electron chi connectivity index (χ2n) is 2.85. The molecule has 0 aliphatic rings. The van der Waals surface area contributed by atoms with E-state index >= 15 is 0 Å². The standard InChI is InChI=1S/C9H22N3.Y/c1-2-6-11-8-4-9-12-7-3-5-10;/h11-12H,1-10H2;/q-1;+3. The summed E-state index contributed by atoms with van der Waals surface area (Å²) < 4.78 is 0. The van der Waals surface area contributed by atoms with Crippen molar-refractivity contribution < 1.29 is 32.7 Å². The molecule has 0 saturated carbocycles. The summed E-state index contributed by atoms with van der Waals surface area (Å²) in [6, 6.07) is 0. The van der Waals surface area contributed by atoms with Gasteiger partial charge in [-0.25, -0.2) is 0 Å². The van der Waals surface area contributed by atoms with Crippen molar-refractivity contribution in [2.45, 2.75) is 19.3 Å². The Bertz CT molecular complexity index is 71.3. The first-order valence-electron chi connectivity index (χ1n) is 4.82. The van der Waals surface area contributed by atoms with Crippen molar-refractivity contribution in [3.05, 3.63) is 6.92 Å². The SMILES string of the molecule is [CH2-]CCNCCCNCCCN.[Y+3]. The second-order valence-corrected chi connectivity index (χ2v) is 2.85. The summed E-state index contributed by atoms with van der Waals surface area (Å²) in [7, 11) is 0. The van der Waals surface area contributed by atoms with Crippen LogP contribution in [0, 0.1) is 6.92 Å². The zero-order valence-corrected chi connectivity index (χ0v) is 11.4. The van der Waals surface area contributed by atoms with Crippen LogP contribution in [0.4, 0.5) is 0 Å². The maximum absolute atomic E-state index is 5.35. The van der Waals surface area contributed by atoms with Crippen LogP contribution in [0.15, 0.2) is 0 Å². The summed E-state index contributed by atoms with van der Waals surface area (Å²) in [6.45, 7) is 8.79. The smallest absolute Gasteiger partial charge is 0.342 e. The fraction of sp³-hybridized carbons (Fsp3) is 0.889. The molecule has 0 aromatic heterocycles. The fourth-order valence-electron chi connectivity index (χ4n) is 0.940. The zero-order chi connectivity index (χ0) is 9.07. The molecule has 0 aromatic carbocycles. The molecule has 0 aliphatic heterocycles. The normalized spacial score (nSPS) is 9.69. The van der Waals surface area contributed by atoms with Crippen LogP contribution < -0.4 is 16.4 Å². The van der Waals surface area contributed by atoms with Crippen molar-refractivity contribution in [2.24, 2.45) is 5.73 Å². The molecule has 0 fully saturated rings. The summed E-state index contributed by atoms with van der Waals surface area (Å²) in [4.78, 5) is 0. The van der Waals surface area contributed by atoms with Crippen molar-refractivity contribution in [1.82, 2.24) is 10.6 Å². The summed E-state index contributed by atoms with van der Waals surface area (Å²) in [6.07, 6.45) is 3.23. The van der Waals surface area contributed by atoms with Crippen LogP contribution >= 0.6 is 0 Å². The van der Waals surface area contributed by atoms with Crippen LogP contribution in [0.1, 0.15) is 19.3 Å². The molecule has 0 amide bonds. The second kappa shape index (κ2) is 15.5. The van der Waals surface area contributed by atoms with E-state index in [1.165, 1.54) is 6.42 Å². The molecule has 0 atom stereocenters. The molecule has 0 aliphatic carbocycles. The van der Waals surface area contributed by atoms with Gasteiger partial charge < -0.3 is 23.3 Å². The molecule has 0 rings (SSSR count). The van der Waals surface area contributed by atoms with E-state index in [1.54, 1.807) is 0 Å². The van der Waals surface area contributed by atoms with Gasteiger partial charge in [-0.15, -0.1) is 0 Å². The van der Waals surface area contributed by atoms with Crippen LogP contribution in [0.25, 0.3) is 0 Å². The van der Waals surface area contributed by atoms with Crippen LogP contribution in [0.3, 0.4) is 0 Å². The van der Waals surface area contributed by atoms with Crippen LogP contribution in [-0.2, 0) is 32.7 Å². The Morgan fingerprint density at radius 1 is 0.923 bits per heavy atom. The van der Waals surface area contributed by atoms with Gasteiger partial charge in [0.25, 0.3) is 0 Å². The molecule has 3 nitrogen and oxygen atoms in total. The van der Waals surface area contributed by atoms with E-state index in [1.807, 2.05) is 0 Å². The Labute approximate surface area is 107 Å². The Hall–Kier alpha value is 0.984. The van der Waals surface area contributed by atoms with Gasteiger partial charge in [0.15, 0.2) is 0 Å². The van der Waals surface area contributed by atoms with Gasteiger partial charge in [0.05, 0.1) is 0 Å². The maximum atomic E-state index is 5.35. The largest absolute Gasteiger partial charge is 3.00 e. The predicted octanol–water partition coefficient (Wildman–Crippen LogP) is 0.126. The third-order valence-electron chi connectivity index (χ3n) is 1.62. The molecule has 0 radical (unpaired) electrons. The van der Waals surface area contributed by atoms with Gasteiger partial charge in [-0.05, 0) is 45.6 Å². The van der Waals surface area contributed by atoms with Gasteiger partial charge in [0, 0.05) is 0 Å². The van der Waals surface area contributed by atoms with Crippen LogP contribution in [0.5, 0.6) is 0 Å². The van der Waals surface area contributed by atoms with Gasteiger partial charge in [0.2, 0.25) is 0 Å². The van der Waals surface area contributed by atoms with E-state index in [0.717, 1.165) is 45.6 Å². The molecular weight excluding hydrogens is 239 g/mol. The average molecular weight is 261 g/mol. The van der Waals surface area contributed by atoms with E-state index < -0.39 is 0 Å². The topological polar surface area (TPSA) is 50.1 Å². The molecular formula is C9H22N3Y+2. The Morgan fingerprint density at radius 2 is 1.46 bits per heavy atom. The van der Waals surface area contributed by atoms with Gasteiger partial charge in [-0.2, -0.15) is 6.42 Å². The monoisotopic (exact) mass is 261 g/mol. The number of nitrogens with two attached hydrogens (primary N) is 1. The molecule has 0 aromatic rings. The van der Waals surface area contributed by atoms with Crippen LogP contribution in [0.2, 0.25) is 0 Å². The summed E-state index contributed by atoms with van der Waals surface area (Å²) in [5, 5.41) is 6.63. The molecule has 0 spiro atoms. The Kier molecular flexibility index (Phi) is 19.5. The maximum Gasteiger partial charge on any atom is 3.00 e. The van der Waals surface area contributed by atoms with E-state index in [4.69, 9.17) is 5.73 Å². The Morgan fingerprint density at radius 3 is 2.00 bits per heavy atom. The number of hydrogen-bond acceptors (Lipinski definition) is 3. The quantitative estimate of drug-likeness (QED) is 0.408. The van der Waals surface area contributed by atoms with E-state index in [2.05, 4.69) is 17.6 Å². The zero-order valence-electron chi connectivity index (χ0n) is 8.52. The fourth-order valence-corrected chi connectivity index (χ4v) is 0.940. The minimum atomic E-state index is 0. The van der Waals surface area contributed by atoms with Crippen molar-refractivity contribution in [2.75, 3.05) is 32.7 Å². The van der Waals surface area contributed by atoms with E-state index in [-0.39, 0.29) is 32.7 Å². The third-order valence-corrected chi connectivity index (χ3v) is 1.62. The van der Waals surface area contributed by atoms with E-state index in [0.29, 0.717) is 0 Å². The molecule has 13 heavy (non-hydrogen) atoms. The number of nitrogens with one attached hydrogen (secondary N) is 2. The molecule has 4 N–H and O–H groups in total. The van der Waals surface area contributed by atoms with Gasteiger partial charge in [0.1, 0.15) is 0 Å². The molecule has 0 bridgehead atoms. The first kappa shape index (κ1) is 16.4. The first-order chi connectivity index (χ1) is 5.91. The minimum absolute atomic E-state index is 0. The van der Waals surface area contributed by atoms with Gasteiger partial charge >= 0.3 is 32.7 Å². The van der Waals surface area contributed by atoms with Crippen molar-refractivity contribution in [3.8, 4) is 0 Å². The van der Waals surface area contributed by atoms with Crippen molar-refractivity contribution in [1.29, 1.82) is 0 Å². The molecule has 0 unspecified atom stereocenters. The number of hydrogen-bond donors (Lipinski definition) is 3. The molecule has 4 heteroatoms. The van der Waals surface area contributed by atoms with Gasteiger partial charge in [-0.1, -0.05) is 0 Å². The summed E-state index contributed by atoms with van der Waals surface area (Å²) in [5.41, 5.74) is 5.35. The van der Waals surface area contributed by atoms with Crippen LogP contribution in [-0.4, -0.2) is 32.7 Å². The van der Waals surface area contributed by atoms with Crippen molar-refractivity contribution in [3.63, 3.8) is 0 Å². The molecule has 0 heterocycles.